The van der Waals surface area contributed by atoms with Crippen LogP contribution in [0.15, 0.2) is 23.0 Å². The number of aliphatic hydroxyl groups is 1. The molecule has 0 aromatic carbocycles. The quantitative estimate of drug-likeness (QED) is 0.684. The molecule has 1 aromatic heterocycles. The largest absolute Gasteiger partial charge is 0.396 e. The van der Waals surface area contributed by atoms with E-state index in [0.717, 1.165) is 12.8 Å². The highest BCUT2D eigenvalue weighted by Crippen LogP contribution is 2.49. The number of carbonyl (C=O) groups is 1. The second-order valence-electron chi connectivity index (χ2n) is 8.82. The van der Waals surface area contributed by atoms with Gasteiger partial charge in [0.2, 0.25) is 5.91 Å². The van der Waals surface area contributed by atoms with Crippen LogP contribution in [-0.2, 0) is 11.3 Å². The summed E-state index contributed by atoms with van der Waals surface area (Å²) in [6, 6.07) is 2.08. The average Bonchev–Trinajstić information content (AvgIpc) is 3.39. The van der Waals surface area contributed by atoms with Crippen molar-refractivity contribution in [2.45, 2.75) is 51.0 Å². The molecule has 1 amide bonds. The smallest absolute Gasteiger partial charge is 0.390 e. The first-order chi connectivity index (χ1) is 14.7. The molecular formula is C22H28F3N3O3. The lowest BCUT2D eigenvalue weighted by Crippen LogP contribution is -2.49. The van der Waals surface area contributed by atoms with Crippen molar-refractivity contribution in [1.82, 2.24) is 14.8 Å². The van der Waals surface area contributed by atoms with Crippen molar-refractivity contribution in [2.24, 2.45) is 17.8 Å². The van der Waals surface area contributed by atoms with Gasteiger partial charge in [0.1, 0.15) is 0 Å². The van der Waals surface area contributed by atoms with Crippen LogP contribution < -0.4 is 10.9 Å². The van der Waals surface area contributed by atoms with Gasteiger partial charge in [-0.25, -0.2) is 0 Å². The number of aromatic nitrogens is 1. The van der Waals surface area contributed by atoms with Gasteiger partial charge in [-0.3, -0.25) is 14.5 Å². The lowest BCUT2D eigenvalue weighted by molar-refractivity contribution is -0.143. The summed E-state index contributed by atoms with van der Waals surface area (Å²) in [5, 5.41) is 13.0. The highest BCUT2D eigenvalue weighted by molar-refractivity contribution is 5.82. The third kappa shape index (κ3) is 4.30. The molecule has 170 valence electrons. The molecule has 0 unspecified atom stereocenters. The number of halogens is 3. The van der Waals surface area contributed by atoms with Crippen LogP contribution in [-0.4, -0.2) is 52.4 Å². The minimum absolute atomic E-state index is 0.202. The van der Waals surface area contributed by atoms with Gasteiger partial charge < -0.3 is 15.0 Å². The molecule has 1 saturated heterocycles. The number of aliphatic hydroxyl groups excluding tert-OH is 1. The van der Waals surface area contributed by atoms with Crippen molar-refractivity contribution in [2.75, 3.05) is 19.7 Å². The molecule has 0 bridgehead atoms. The van der Waals surface area contributed by atoms with Gasteiger partial charge in [0.25, 0.3) is 5.56 Å². The fourth-order valence-electron chi connectivity index (χ4n) is 5.12. The minimum Gasteiger partial charge on any atom is -0.396 e. The van der Waals surface area contributed by atoms with E-state index in [1.165, 1.54) is 0 Å². The Bertz CT molecular complexity index is 923. The van der Waals surface area contributed by atoms with Gasteiger partial charge in [-0.15, -0.1) is 0 Å². The second-order valence-corrected chi connectivity index (χ2v) is 8.82. The van der Waals surface area contributed by atoms with Crippen LogP contribution in [0.1, 0.15) is 43.5 Å². The van der Waals surface area contributed by atoms with E-state index in [0.29, 0.717) is 23.7 Å². The predicted molar refractivity (Wildman–Crippen MR) is 109 cm³/mol. The number of allylic oxidation sites excluding steroid dienone is 1. The Morgan fingerprint density at radius 1 is 1.32 bits per heavy atom. The number of nitrogens with zero attached hydrogens (tertiary/aromatic N) is 2. The number of rotatable bonds is 7. The van der Waals surface area contributed by atoms with Crippen molar-refractivity contribution >= 4 is 12.0 Å². The molecule has 4 rings (SSSR count). The molecule has 1 aliphatic carbocycles. The minimum atomic E-state index is -4.37. The molecule has 9 heteroatoms. The molecule has 2 fully saturated rings. The fourth-order valence-corrected chi connectivity index (χ4v) is 5.12. The Hall–Kier alpha value is -2.13. The molecule has 2 aliphatic heterocycles. The van der Waals surface area contributed by atoms with Crippen molar-refractivity contribution in [3.05, 3.63) is 39.8 Å². The summed E-state index contributed by atoms with van der Waals surface area (Å²) >= 11 is 0. The van der Waals surface area contributed by atoms with Gasteiger partial charge in [-0.1, -0.05) is 12.2 Å². The molecule has 31 heavy (non-hydrogen) atoms. The van der Waals surface area contributed by atoms with E-state index in [2.05, 4.69) is 5.32 Å². The normalized spacial score (nSPS) is 28.2. The van der Waals surface area contributed by atoms with Crippen LogP contribution in [0.25, 0.3) is 6.08 Å². The van der Waals surface area contributed by atoms with Gasteiger partial charge in [0, 0.05) is 49.3 Å². The van der Waals surface area contributed by atoms with Crippen LogP contribution in [0.5, 0.6) is 0 Å². The van der Waals surface area contributed by atoms with Crippen molar-refractivity contribution < 1.29 is 23.1 Å². The Labute approximate surface area is 178 Å². The SMILES string of the molecule is C/C=C/c1ccc2n(c1=O)C[C@@H]1[C@@H](CO)[C@H](C(=O)NCC3CC3)N(CCC(F)(F)F)[C@H]21. The monoisotopic (exact) mass is 439 g/mol. The number of likely N-dealkylation sites (tertiary alicyclic amines) is 1. The van der Waals surface area contributed by atoms with Crippen molar-refractivity contribution in [1.29, 1.82) is 0 Å². The van der Waals surface area contributed by atoms with Crippen LogP contribution in [0.2, 0.25) is 0 Å². The van der Waals surface area contributed by atoms with Crippen molar-refractivity contribution in [3.8, 4) is 0 Å². The summed E-state index contributed by atoms with van der Waals surface area (Å²) in [6.45, 7) is 1.92. The summed E-state index contributed by atoms with van der Waals surface area (Å²) in [6.07, 6.45) is 0.122. The molecule has 3 heterocycles. The molecule has 6 nitrogen and oxygen atoms in total. The molecule has 1 aromatic rings. The number of hydrogen-bond acceptors (Lipinski definition) is 4. The maximum absolute atomic E-state index is 13.1. The molecular weight excluding hydrogens is 411 g/mol. The first-order valence-electron chi connectivity index (χ1n) is 10.8. The van der Waals surface area contributed by atoms with E-state index in [1.807, 2.05) is 0 Å². The predicted octanol–water partition coefficient (Wildman–Crippen LogP) is 2.32. The Balaban J connectivity index is 1.69. The maximum Gasteiger partial charge on any atom is 0.390 e. The van der Waals surface area contributed by atoms with Gasteiger partial charge in [0.15, 0.2) is 0 Å². The molecule has 3 aliphatic rings. The number of fused-ring (bicyclic) bond motifs is 3. The number of amides is 1. The third-order valence-corrected chi connectivity index (χ3v) is 6.75. The third-order valence-electron chi connectivity index (χ3n) is 6.75. The van der Waals surface area contributed by atoms with Crippen LogP contribution in [0, 0.1) is 17.8 Å². The number of pyridine rings is 1. The van der Waals surface area contributed by atoms with Gasteiger partial charge in [-0.2, -0.15) is 13.2 Å². The van der Waals surface area contributed by atoms with E-state index in [4.69, 9.17) is 0 Å². The van der Waals surface area contributed by atoms with Gasteiger partial charge in [-0.05, 0) is 37.8 Å². The first-order valence-corrected chi connectivity index (χ1v) is 10.8. The fraction of sp³-hybridized carbons (Fsp3) is 0.636. The summed E-state index contributed by atoms with van der Waals surface area (Å²) < 4.78 is 40.8. The average molecular weight is 439 g/mol. The zero-order valence-electron chi connectivity index (χ0n) is 17.4. The van der Waals surface area contributed by atoms with E-state index in [9.17, 15) is 27.9 Å². The molecule has 1 saturated carbocycles. The van der Waals surface area contributed by atoms with Crippen molar-refractivity contribution in [3.63, 3.8) is 0 Å². The highest BCUT2D eigenvalue weighted by Gasteiger charge is 2.55. The second kappa shape index (κ2) is 8.43. The summed E-state index contributed by atoms with van der Waals surface area (Å²) in [7, 11) is 0. The molecule has 2 N–H and O–H groups in total. The standard InChI is InChI=1S/C22H28F3N3O3/c1-2-3-14-6-7-17-18-15(11-28(17)21(14)31)16(12-29)19(20(30)26-10-13-4-5-13)27(18)9-8-22(23,24)25/h2-3,6-7,13,15-16,18-19,29H,4-5,8-12H2,1H3,(H,26,30)/b3-2+/t15-,16-,18+,19-/m1/s1. The van der Waals surface area contributed by atoms with Crippen LogP contribution in [0.3, 0.4) is 0 Å². The van der Waals surface area contributed by atoms with E-state index in [1.54, 1.807) is 40.7 Å². The zero-order chi connectivity index (χ0) is 22.3. The number of hydrogen-bond donors (Lipinski definition) is 2. The lowest BCUT2D eigenvalue weighted by atomic mass is 9.88. The Morgan fingerprint density at radius 3 is 2.68 bits per heavy atom. The van der Waals surface area contributed by atoms with Gasteiger partial charge in [0.05, 0.1) is 18.5 Å². The summed E-state index contributed by atoms with van der Waals surface area (Å²) in [5.41, 5.74) is 0.918. The summed E-state index contributed by atoms with van der Waals surface area (Å²) in [4.78, 5) is 27.4. The first kappa shape index (κ1) is 22.1. The molecule has 0 spiro atoms. The number of carbonyl (C=O) groups excluding carboxylic acids is 1. The zero-order valence-corrected chi connectivity index (χ0v) is 17.4. The number of alkyl halides is 3. The van der Waals surface area contributed by atoms with E-state index >= 15 is 0 Å². The molecule has 4 atom stereocenters. The Morgan fingerprint density at radius 2 is 2.06 bits per heavy atom. The summed E-state index contributed by atoms with van der Waals surface area (Å²) in [5.74, 6) is -0.738. The van der Waals surface area contributed by atoms with Crippen LogP contribution in [0.4, 0.5) is 13.2 Å². The van der Waals surface area contributed by atoms with E-state index in [-0.39, 0.29) is 37.1 Å². The van der Waals surface area contributed by atoms with Crippen LogP contribution >= 0.6 is 0 Å². The Kier molecular flexibility index (Phi) is 6.00. The van der Waals surface area contributed by atoms with E-state index < -0.39 is 30.6 Å². The maximum atomic E-state index is 13.1. The van der Waals surface area contributed by atoms with Gasteiger partial charge >= 0.3 is 6.18 Å². The highest BCUT2D eigenvalue weighted by atomic mass is 19.4. The number of nitrogens with one attached hydrogen (secondary N) is 1. The lowest BCUT2D eigenvalue weighted by Gasteiger charge is -2.31. The topological polar surface area (TPSA) is 74.6 Å². The molecule has 0 radical (unpaired) electrons.